The molecule has 5 heteroatoms. The van der Waals surface area contributed by atoms with E-state index in [2.05, 4.69) is 13.8 Å². The summed E-state index contributed by atoms with van der Waals surface area (Å²) in [5.41, 5.74) is 1.16. The Bertz CT molecular complexity index is 568. The van der Waals surface area contributed by atoms with Crippen LogP contribution in [0, 0.1) is 5.92 Å². The van der Waals surface area contributed by atoms with Crippen LogP contribution < -0.4 is 0 Å². The Morgan fingerprint density at radius 1 is 1.33 bits per heavy atom. The predicted octanol–water partition coefficient (Wildman–Crippen LogP) is 2.59. The van der Waals surface area contributed by atoms with Crippen LogP contribution in [0.15, 0.2) is 29.2 Å². The Morgan fingerprint density at radius 2 is 1.95 bits per heavy atom. The van der Waals surface area contributed by atoms with Crippen molar-refractivity contribution in [2.75, 3.05) is 13.1 Å². The molecule has 2 rings (SSSR count). The number of piperidine rings is 1. The molecule has 1 heterocycles. The summed E-state index contributed by atoms with van der Waals surface area (Å²) < 4.78 is 26.6. The van der Waals surface area contributed by atoms with Crippen molar-refractivity contribution < 1.29 is 13.5 Å². The van der Waals surface area contributed by atoms with Gasteiger partial charge in [-0.3, -0.25) is 0 Å². The van der Waals surface area contributed by atoms with Crippen LogP contribution in [0.1, 0.15) is 45.1 Å². The van der Waals surface area contributed by atoms with Crippen LogP contribution >= 0.6 is 0 Å². The SMILES string of the molecule is CCC(C)c1ccc(S(=O)(=O)N2CCC(C)C(O)C2)cc1. The van der Waals surface area contributed by atoms with E-state index in [1.54, 1.807) is 12.1 Å². The molecule has 21 heavy (non-hydrogen) atoms. The van der Waals surface area contributed by atoms with Gasteiger partial charge >= 0.3 is 0 Å². The van der Waals surface area contributed by atoms with E-state index in [1.807, 2.05) is 19.1 Å². The molecule has 1 aromatic rings. The minimum Gasteiger partial charge on any atom is -0.391 e. The molecule has 1 fully saturated rings. The van der Waals surface area contributed by atoms with Gasteiger partial charge in [0.15, 0.2) is 0 Å². The first-order valence-corrected chi connectivity index (χ1v) is 9.08. The highest BCUT2D eigenvalue weighted by atomic mass is 32.2. The topological polar surface area (TPSA) is 57.6 Å². The highest BCUT2D eigenvalue weighted by Gasteiger charge is 2.32. The van der Waals surface area contributed by atoms with Crippen LogP contribution in [0.25, 0.3) is 0 Å². The summed E-state index contributed by atoms with van der Waals surface area (Å²) in [6.45, 7) is 6.87. The van der Waals surface area contributed by atoms with Gasteiger partial charge in [0.25, 0.3) is 0 Å². The van der Waals surface area contributed by atoms with Gasteiger partial charge in [-0.2, -0.15) is 4.31 Å². The van der Waals surface area contributed by atoms with Gasteiger partial charge < -0.3 is 5.11 Å². The van der Waals surface area contributed by atoms with Gasteiger partial charge in [0, 0.05) is 13.1 Å². The van der Waals surface area contributed by atoms with E-state index in [0.717, 1.165) is 12.0 Å². The lowest BCUT2D eigenvalue weighted by molar-refractivity contribution is 0.0605. The highest BCUT2D eigenvalue weighted by molar-refractivity contribution is 7.89. The molecule has 1 N–H and O–H groups in total. The summed E-state index contributed by atoms with van der Waals surface area (Å²) >= 11 is 0. The zero-order valence-corrected chi connectivity index (χ0v) is 13.8. The number of rotatable bonds is 4. The maximum absolute atomic E-state index is 12.6. The summed E-state index contributed by atoms with van der Waals surface area (Å²) in [5, 5.41) is 9.90. The fraction of sp³-hybridized carbons (Fsp3) is 0.625. The van der Waals surface area contributed by atoms with E-state index in [9.17, 15) is 13.5 Å². The molecule has 1 aliphatic rings. The molecule has 1 aromatic carbocycles. The van der Waals surface area contributed by atoms with Crippen LogP contribution in [-0.4, -0.2) is 37.0 Å². The minimum absolute atomic E-state index is 0.157. The number of aliphatic hydroxyl groups is 1. The number of nitrogens with zero attached hydrogens (tertiary/aromatic N) is 1. The number of benzene rings is 1. The van der Waals surface area contributed by atoms with Crippen LogP contribution in [0.4, 0.5) is 0 Å². The average Bonchev–Trinajstić information content (AvgIpc) is 2.49. The second kappa shape index (κ2) is 6.46. The zero-order valence-electron chi connectivity index (χ0n) is 13.0. The Kier molecular flexibility index (Phi) is 5.07. The summed E-state index contributed by atoms with van der Waals surface area (Å²) in [7, 11) is -3.49. The molecule has 3 atom stereocenters. The van der Waals surface area contributed by atoms with E-state index in [-0.39, 0.29) is 12.5 Å². The van der Waals surface area contributed by atoms with E-state index >= 15 is 0 Å². The molecule has 4 nitrogen and oxygen atoms in total. The normalized spacial score (nSPS) is 25.7. The van der Waals surface area contributed by atoms with Crippen molar-refractivity contribution >= 4 is 10.0 Å². The average molecular weight is 311 g/mol. The smallest absolute Gasteiger partial charge is 0.243 e. The van der Waals surface area contributed by atoms with Crippen molar-refractivity contribution in [3.8, 4) is 0 Å². The van der Waals surface area contributed by atoms with Crippen molar-refractivity contribution in [2.24, 2.45) is 5.92 Å². The second-order valence-electron chi connectivity index (χ2n) is 6.07. The monoisotopic (exact) mass is 311 g/mol. The second-order valence-corrected chi connectivity index (χ2v) is 8.01. The van der Waals surface area contributed by atoms with E-state index in [1.165, 1.54) is 4.31 Å². The van der Waals surface area contributed by atoms with E-state index in [4.69, 9.17) is 0 Å². The Labute approximate surface area is 127 Å². The number of sulfonamides is 1. The van der Waals surface area contributed by atoms with Crippen molar-refractivity contribution in [1.82, 2.24) is 4.31 Å². The Balaban J connectivity index is 2.20. The molecule has 1 aliphatic heterocycles. The molecular formula is C16H25NO3S. The van der Waals surface area contributed by atoms with Crippen molar-refractivity contribution in [1.29, 1.82) is 0 Å². The maximum Gasteiger partial charge on any atom is 0.243 e. The molecule has 3 unspecified atom stereocenters. The summed E-state index contributed by atoms with van der Waals surface area (Å²) in [6, 6.07) is 7.15. The number of aliphatic hydroxyl groups excluding tert-OH is 1. The van der Waals surface area contributed by atoms with E-state index < -0.39 is 16.1 Å². The van der Waals surface area contributed by atoms with Gasteiger partial charge in [0.05, 0.1) is 11.0 Å². The van der Waals surface area contributed by atoms with Crippen molar-refractivity contribution in [2.45, 2.75) is 50.5 Å². The summed E-state index contributed by atoms with van der Waals surface area (Å²) in [6.07, 6.45) is 1.15. The molecule has 0 amide bonds. The molecule has 1 saturated heterocycles. The zero-order chi connectivity index (χ0) is 15.6. The lowest BCUT2D eigenvalue weighted by atomic mass is 9.98. The quantitative estimate of drug-likeness (QED) is 0.930. The highest BCUT2D eigenvalue weighted by Crippen LogP contribution is 2.25. The third-order valence-electron chi connectivity index (χ3n) is 4.58. The van der Waals surface area contributed by atoms with Gasteiger partial charge in [-0.15, -0.1) is 0 Å². The number of hydrogen-bond donors (Lipinski definition) is 1. The number of hydrogen-bond acceptors (Lipinski definition) is 3. The van der Waals surface area contributed by atoms with Crippen LogP contribution in [0.3, 0.4) is 0 Å². The van der Waals surface area contributed by atoms with E-state index in [0.29, 0.717) is 23.8 Å². The molecule has 0 saturated carbocycles. The molecule has 0 spiro atoms. The molecular weight excluding hydrogens is 286 g/mol. The first-order valence-electron chi connectivity index (χ1n) is 7.64. The van der Waals surface area contributed by atoms with Crippen LogP contribution in [0.5, 0.6) is 0 Å². The Hall–Kier alpha value is -0.910. The fourth-order valence-corrected chi connectivity index (χ4v) is 4.06. The number of β-amino-alcohol motifs (C(OH)–C–C–N with tert-alkyl or cyclic N) is 1. The lowest BCUT2D eigenvalue weighted by Gasteiger charge is -2.33. The van der Waals surface area contributed by atoms with Crippen LogP contribution in [0.2, 0.25) is 0 Å². The van der Waals surface area contributed by atoms with Gasteiger partial charge in [0.1, 0.15) is 0 Å². The summed E-state index contributed by atoms with van der Waals surface area (Å²) in [4.78, 5) is 0.316. The third-order valence-corrected chi connectivity index (χ3v) is 6.46. The van der Waals surface area contributed by atoms with Crippen molar-refractivity contribution in [3.05, 3.63) is 29.8 Å². The van der Waals surface area contributed by atoms with Gasteiger partial charge in [0.2, 0.25) is 10.0 Å². The summed E-state index contributed by atoms with van der Waals surface area (Å²) in [5.74, 6) is 0.587. The first-order chi connectivity index (χ1) is 9.86. The standard InChI is InChI=1S/C16H25NO3S/c1-4-12(2)14-5-7-15(8-6-14)21(19,20)17-10-9-13(3)16(18)11-17/h5-8,12-13,16,18H,4,9-11H2,1-3H3. The van der Waals surface area contributed by atoms with Crippen LogP contribution in [-0.2, 0) is 10.0 Å². The largest absolute Gasteiger partial charge is 0.391 e. The lowest BCUT2D eigenvalue weighted by Crippen LogP contribution is -2.45. The molecule has 0 bridgehead atoms. The van der Waals surface area contributed by atoms with Gasteiger partial charge in [-0.1, -0.05) is 32.9 Å². The molecule has 0 aliphatic carbocycles. The fourth-order valence-electron chi connectivity index (χ4n) is 2.59. The predicted molar refractivity (Wildman–Crippen MR) is 83.7 cm³/mol. The van der Waals surface area contributed by atoms with Gasteiger partial charge in [-0.25, -0.2) is 8.42 Å². The first kappa shape index (κ1) is 16.5. The minimum atomic E-state index is -3.49. The van der Waals surface area contributed by atoms with Gasteiger partial charge in [-0.05, 0) is 42.4 Å². The molecule has 0 radical (unpaired) electrons. The Morgan fingerprint density at radius 3 is 2.48 bits per heavy atom. The van der Waals surface area contributed by atoms with Crippen molar-refractivity contribution in [3.63, 3.8) is 0 Å². The molecule has 0 aromatic heterocycles. The molecule has 118 valence electrons. The maximum atomic E-state index is 12.6. The third kappa shape index (κ3) is 3.47.